The minimum atomic E-state index is -3.42. The number of aromatic amines is 1. The molecule has 5 atom stereocenters. The van der Waals surface area contributed by atoms with Crippen molar-refractivity contribution in [2.24, 2.45) is 0 Å². The van der Waals surface area contributed by atoms with Crippen LogP contribution in [0.25, 0.3) is 0 Å². The second-order valence-electron chi connectivity index (χ2n) is 5.75. The summed E-state index contributed by atoms with van der Waals surface area (Å²) in [4.78, 5) is 24.8. The van der Waals surface area contributed by atoms with E-state index in [1.54, 1.807) is 18.8 Å². The third-order valence-electron chi connectivity index (χ3n) is 3.54. The van der Waals surface area contributed by atoms with Crippen molar-refractivity contribution < 1.29 is 27.1 Å². The molecule has 3 heterocycles. The van der Waals surface area contributed by atoms with Crippen LogP contribution in [0.15, 0.2) is 15.8 Å². The first-order valence-corrected chi connectivity index (χ1v) is 10.2. The van der Waals surface area contributed by atoms with Crippen molar-refractivity contribution in [3.05, 3.63) is 32.9 Å². The molecule has 1 aromatic heterocycles. The number of fused-ring (bicyclic) bond motifs is 1. The summed E-state index contributed by atoms with van der Waals surface area (Å²) in [6.45, 7) is -0.387. The van der Waals surface area contributed by atoms with Gasteiger partial charge in [-0.3, -0.25) is 18.9 Å². The first kappa shape index (κ1) is 19.1. The van der Waals surface area contributed by atoms with Crippen LogP contribution in [0.2, 0.25) is 0 Å². The van der Waals surface area contributed by atoms with Gasteiger partial charge in [-0.05, 0) is 25.7 Å². The standard InChI is InChI=1S/C12H14ClF2N2O6PS/c1-5(2)22-24(25)20-4-7-12(15,23-24)8(13)10(21-7)17-3-6(14)9(18)16-11(17)19/h3,5,7-8,10H,4H2,1-2H3,(H,16,18,19). The molecular weight excluding hydrogens is 405 g/mol. The van der Waals surface area contributed by atoms with Gasteiger partial charge >= 0.3 is 12.4 Å². The van der Waals surface area contributed by atoms with Crippen LogP contribution in [0.1, 0.15) is 20.1 Å². The fourth-order valence-corrected chi connectivity index (χ4v) is 5.52. The zero-order valence-electron chi connectivity index (χ0n) is 13.0. The summed E-state index contributed by atoms with van der Waals surface area (Å²) < 4.78 is 50.8. The van der Waals surface area contributed by atoms with Crippen molar-refractivity contribution in [1.29, 1.82) is 0 Å². The molecule has 5 unspecified atom stereocenters. The van der Waals surface area contributed by atoms with Crippen LogP contribution in [-0.2, 0) is 30.1 Å². The number of nitrogens with zero attached hydrogens (tertiary/aromatic N) is 1. The summed E-state index contributed by atoms with van der Waals surface area (Å²) in [6.07, 6.45) is -2.55. The number of hydrogen-bond donors (Lipinski definition) is 1. The van der Waals surface area contributed by atoms with E-state index in [9.17, 15) is 14.0 Å². The molecule has 8 nitrogen and oxygen atoms in total. The number of ether oxygens (including phenoxy) is 1. The van der Waals surface area contributed by atoms with Crippen LogP contribution in [0, 0.1) is 5.82 Å². The Labute approximate surface area is 150 Å². The lowest BCUT2D eigenvalue weighted by Gasteiger charge is -2.38. The number of alkyl halides is 2. The van der Waals surface area contributed by atoms with E-state index in [4.69, 9.17) is 41.7 Å². The number of halogens is 3. The summed E-state index contributed by atoms with van der Waals surface area (Å²) in [5, 5.41) is -1.57. The smallest absolute Gasteiger partial charge is 0.330 e. The van der Waals surface area contributed by atoms with E-state index >= 15 is 4.39 Å². The number of H-pyrrole nitrogens is 1. The molecular formula is C12H14ClF2N2O6PS. The summed E-state index contributed by atoms with van der Waals surface area (Å²) in [5.41, 5.74) is -2.22. The Hall–Kier alpha value is -0.680. The Kier molecular flexibility index (Phi) is 4.95. The van der Waals surface area contributed by atoms with Crippen LogP contribution < -0.4 is 11.2 Å². The number of aromatic nitrogens is 2. The summed E-state index contributed by atoms with van der Waals surface area (Å²) in [5.74, 6) is -3.86. The predicted octanol–water partition coefficient (Wildman–Crippen LogP) is 1.54. The molecule has 0 bridgehead atoms. The van der Waals surface area contributed by atoms with Gasteiger partial charge in [0, 0.05) is 0 Å². The highest BCUT2D eigenvalue weighted by Crippen LogP contribution is 2.62. The van der Waals surface area contributed by atoms with Gasteiger partial charge in [-0.2, -0.15) is 4.39 Å². The molecule has 1 aromatic rings. The molecule has 0 spiro atoms. The van der Waals surface area contributed by atoms with Crippen LogP contribution in [0.3, 0.4) is 0 Å². The van der Waals surface area contributed by atoms with Crippen LogP contribution in [0.4, 0.5) is 8.78 Å². The summed E-state index contributed by atoms with van der Waals surface area (Å²) >= 11 is 11.2. The van der Waals surface area contributed by atoms with E-state index in [-0.39, 0.29) is 12.7 Å². The Morgan fingerprint density at radius 3 is 2.88 bits per heavy atom. The fourth-order valence-electron chi connectivity index (χ4n) is 2.49. The highest BCUT2D eigenvalue weighted by Gasteiger charge is 2.64. The van der Waals surface area contributed by atoms with Crippen molar-refractivity contribution in [1.82, 2.24) is 9.55 Å². The zero-order chi connectivity index (χ0) is 18.6. The second-order valence-corrected chi connectivity index (χ2v) is 9.10. The van der Waals surface area contributed by atoms with Gasteiger partial charge in [0.25, 0.3) is 11.4 Å². The summed E-state index contributed by atoms with van der Waals surface area (Å²) in [6, 6.07) is 0. The lowest BCUT2D eigenvalue weighted by molar-refractivity contribution is -0.164. The number of rotatable bonds is 3. The molecule has 3 rings (SSSR count). The molecule has 140 valence electrons. The van der Waals surface area contributed by atoms with E-state index in [1.807, 2.05) is 0 Å². The Morgan fingerprint density at radius 1 is 1.56 bits per heavy atom. The molecule has 2 fully saturated rings. The SMILES string of the molecule is CC(C)OP1(=S)OCC2OC(n3cc(F)c(=O)[nH]c3=O)C(Cl)C2(F)O1. The Morgan fingerprint density at radius 2 is 2.24 bits per heavy atom. The van der Waals surface area contributed by atoms with E-state index < -0.39 is 47.3 Å². The maximum Gasteiger partial charge on any atom is 0.330 e. The Bertz CT molecular complexity index is 850. The number of hydrogen-bond acceptors (Lipinski definition) is 7. The first-order valence-electron chi connectivity index (χ1n) is 7.19. The van der Waals surface area contributed by atoms with Gasteiger partial charge in [-0.15, -0.1) is 11.6 Å². The topological polar surface area (TPSA) is 91.8 Å². The predicted molar refractivity (Wildman–Crippen MR) is 86.2 cm³/mol. The van der Waals surface area contributed by atoms with Gasteiger partial charge < -0.3 is 13.8 Å². The average molecular weight is 419 g/mol. The zero-order valence-corrected chi connectivity index (χ0v) is 15.4. The van der Waals surface area contributed by atoms with Gasteiger partial charge in [0.05, 0.1) is 18.9 Å². The quantitative estimate of drug-likeness (QED) is 0.588. The maximum atomic E-state index is 15.4. The van der Waals surface area contributed by atoms with Crippen molar-refractivity contribution in [2.75, 3.05) is 6.61 Å². The molecule has 0 amide bonds. The van der Waals surface area contributed by atoms with Crippen LogP contribution in [-0.4, -0.2) is 39.6 Å². The first-order chi connectivity index (χ1) is 11.6. The minimum Gasteiger partial charge on any atom is -0.344 e. The largest absolute Gasteiger partial charge is 0.344 e. The molecule has 2 aliphatic rings. The monoisotopic (exact) mass is 418 g/mol. The van der Waals surface area contributed by atoms with Crippen molar-refractivity contribution in [3.8, 4) is 0 Å². The molecule has 1 N–H and O–H groups in total. The molecule has 2 saturated heterocycles. The average Bonchev–Trinajstić information content (AvgIpc) is 2.73. The van der Waals surface area contributed by atoms with E-state index in [0.29, 0.717) is 10.8 Å². The van der Waals surface area contributed by atoms with E-state index in [0.717, 1.165) is 0 Å². The van der Waals surface area contributed by atoms with Crippen molar-refractivity contribution in [2.45, 2.75) is 43.5 Å². The van der Waals surface area contributed by atoms with Gasteiger partial charge in [0.15, 0.2) is 6.23 Å². The third kappa shape index (κ3) is 3.34. The molecule has 25 heavy (non-hydrogen) atoms. The third-order valence-corrected chi connectivity index (χ3v) is 6.50. The highest BCUT2D eigenvalue weighted by atomic mass is 35.5. The van der Waals surface area contributed by atoms with Crippen LogP contribution in [0.5, 0.6) is 0 Å². The minimum absolute atomic E-state index is 0.319. The lowest BCUT2D eigenvalue weighted by Crippen LogP contribution is -2.48. The number of nitrogens with one attached hydrogen (secondary N) is 1. The molecule has 0 aromatic carbocycles. The fraction of sp³-hybridized carbons (Fsp3) is 0.667. The summed E-state index contributed by atoms with van der Waals surface area (Å²) in [7, 11) is 0. The van der Waals surface area contributed by atoms with E-state index in [1.165, 1.54) is 0 Å². The van der Waals surface area contributed by atoms with Gasteiger partial charge in [0.1, 0.15) is 11.5 Å². The lowest BCUT2D eigenvalue weighted by atomic mass is 10.1. The molecule has 0 saturated carbocycles. The van der Waals surface area contributed by atoms with Crippen LogP contribution >= 0.6 is 18.3 Å². The Balaban J connectivity index is 1.94. The van der Waals surface area contributed by atoms with Gasteiger partial charge in [-0.25, -0.2) is 9.18 Å². The molecule has 0 radical (unpaired) electrons. The molecule has 13 heteroatoms. The molecule has 2 aliphatic heterocycles. The maximum absolute atomic E-state index is 15.4. The van der Waals surface area contributed by atoms with Crippen molar-refractivity contribution in [3.63, 3.8) is 0 Å². The van der Waals surface area contributed by atoms with Gasteiger partial charge in [0.2, 0.25) is 5.82 Å². The van der Waals surface area contributed by atoms with E-state index in [2.05, 4.69) is 0 Å². The second kappa shape index (κ2) is 6.49. The highest BCUT2D eigenvalue weighted by molar-refractivity contribution is 8.07. The molecule has 0 aliphatic carbocycles. The van der Waals surface area contributed by atoms with Gasteiger partial charge in [-0.1, -0.05) is 0 Å². The van der Waals surface area contributed by atoms with Crippen molar-refractivity contribution >= 4 is 30.1 Å². The normalized spacial score (nSPS) is 38.1.